The Bertz CT molecular complexity index is 489. The summed E-state index contributed by atoms with van der Waals surface area (Å²) in [6, 6.07) is 0. The quantitative estimate of drug-likeness (QED) is 0.803. The van der Waals surface area contributed by atoms with Crippen LogP contribution in [0.5, 0.6) is 0 Å². The van der Waals surface area contributed by atoms with Crippen molar-refractivity contribution in [2.45, 2.75) is 70.3 Å². The highest BCUT2D eigenvalue weighted by Gasteiger charge is 2.25. The third kappa shape index (κ3) is 5.56. The van der Waals surface area contributed by atoms with E-state index in [1.807, 2.05) is 4.90 Å². The maximum absolute atomic E-state index is 12.5. The number of likely N-dealkylation sites (tertiary alicyclic amines) is 1. The molecule has 2 saturated heterocycles. The lowest BCUT2D eigenvalue weighted by Crippen LogP contribution is -2.39. The number of hydrogen-bond acceptors (Lipinski definition) is 3. The van der Waals surface area contributed by atoms with Crippen LogP contribution in [0.4, 0.5) is 0 Å². The summed E-state index contributed by atoms with van der Waals surface area (Å²) in [7, 11) is 0. The molecule has 2 aliphatic heterocycles. The Kier molecular flexibility index (Phi) is 6.91. The molecule has 1 atom stereocenters. The fourth-order valence-corrected chi connectivity index (χ4v) is 4.12. The zero-order chi connectivity index (χ0) is 17.5. The Morgan fingerprint density at radius 2 is 2.00 bits per heavy atom. The van der Waals surface area contributed by atoms with Gasteiger partial charge in [0.25, 0.3) is 0 Å². The first-order chi connectivity index (χ1) is 12.2. The van der Waals surface area contributed by atoms with Crippen molar-refractivity contribution in [2.24, 2.45) is 5.92 Å². The molecule has 2 fully saturated rings. The molecule has 5 nitrogen and oxygen atoms in total. The minimum absolute atomic E-state index is 0.140. The van der Waals surface area contributed by atoms with Gasteiger partial charge in [-0.25, -0.2) is 0 Å². The summed E-state index contributed by atoms with van der Waals surface area (Å²) < 4.78 is 5.53. The van der Waals surface area contributed by atoms with Crippen LogP contribution in [0.3, 0.4) is 0 Å². The molecule has 0 aromatic heterocycles. The monoisotopic (exact) mass is 348 g/mol. The molecule has 140 valence electrons. The second-order valence-corrected chi connectivity index (χ2v) is 7.69. The molecule has 25 heavy (non-hydrogen) atoms. The predicted molar refractivity (Wildman–Crippen MR) is 97.1 cm³/mol. The highest BCUT2D eigenvalue weighted by molar-refractivity contribution is 5.93. The Labute approximate surface area is 151 Å². The van der Waals surface area contributed by atoms with Crippen LogP contribution < -0.4 is 5.32 Å². The average molecular weight is 348 g/mol. The van der Waals surface area contributed by atoms with Gasteiger partial charge in [-0.05, 0) is 63.7 Å². The van der Waals surface area contributed by atoms with Crippen molar-refractivity contribution in [2.75, 3.05) is 26.2 Å². The largest absolute Gasteiger partial charge is 0.376 e. The van der Waals surface area contributed by atoms with Gasteiger partial charge < -0.3 is 15.0 Å². The first-order valence-corrected chi connectivity index (χ1v) is 10.1. The molecule has 3 rings (SSSR count). The van der Waals surface area contributed by atoms with Gasteiger partial charge in [0.2, 0.25) is 11.8 Å². The molecular weight excluding hydrogens is 316 g/mol. The molecule has 0 aromatic rings. The lowest BCUT2D eigenvalue weighted by atomic mass is 9.91. The van der Waals surface area contributed by atoms with Crippen LogP contribution in [0, 0.1) is 5.92 Å². The highest BCUT2D eigenvalue weighted by Crippen LogP contribution is 2.25. The number of nitrogens with one attached hydrogen (secondary N) is 1. The number of piperidine rings is 1. The van der Waals surface area contributed by atoms with E-state index in [-0.39, 0.29) is 17.9 Å². The molecule has 1 unspecified atom stereocenters. The molecule has 0 spiro atoms. The summed E-state index contributed by atoms with van der Waals surface area (Å²) in [5.41, 5.74) is 1.03. The van der Waals surface area contributed by atoms with Crippen LogP contribution in [0.25, 0.3) is 0 Å². The van der Waals surface area contributed by atoms with Gasteiger partial charge >= 0.3 is 0 Å². The van der Waals surface area contributed by atoms with Crippen LogP contribution in [0.1, 0.15) is 64.2 Å². The first-order valence-electron chi connectivity index (χ1n) is 10.1. The van der Waals surface area contributed by atoms with E-state index in [0.29, 0.717) is 18.9 Å². The first kappa shape index (κ1) is 18.4. The van der Waals surface area contributed by atoms with Gasteiger partial charge in [0.1, 0.15) is 0 Å². The van der Waals surface area contributed by atoms with Gasteiger partial charge in [-0.3, -0.25) is 9.59 Å². The van der Waals surface area contributed by atoms with Crippen molar-refractivity contribution in [1.29, 1.82) is 0 Å². The summed E-state index contributed by atoms with van der Waals surface area (Å²) in [4.78, 5) is 26.5. The molecule has 1 aliphatic carbocycles. The van der Waals surface area contributed by atoms with E-state index in [4.69, 9.17) is 4.74 Å². The van der Waals surface area contributed by atoms with E-state index in [1.54, 1.807) is 0 Å². The van der Waals surface area contributed by atoms with Crippen LogP contribution >= 0.6 is 0 Å². The van der Waals surface area contributed by atoms with Gasteiger partial charge in [0.15, 0.2) is 0 Å². The lowest BCUT2D eigenvalue weighted by Gasteiger charge is -2.33. The van der Waals surface area contributed by atoms with Crippen LogP contribution in [-0.4, -0.2) is 49.1 Å². The zero-order valence-electron chi connectivity index (χ0n) is 15.3. The van der Waals surface area contributed by atoms with Gasteiger partial charge in [-0.15, -0.1) is 0 Å². The maximum atomic E-state index is 12.5. The Morgan fingerprint density at radius 3 is 2.68 bits per heavy atom. The van der Waals surface area contributed by atoms with E-state index in [2.05, 4.69) is 11.4 Å². The molecule has 2 amide bonds. The summed E-state index contributed by atoms with van der Waals surface area (Å²) >= 11 is 0. The molecule has 0 radical (unpaired) electrons. The second kappa shape index (κ2) is 9.37. The summed E-state index contributed by atoms with van der Waals surface area (Å²) in [6.07, 6.45) is 12.5. The Hall–Kier alpha value is -1.36. The fraction of sp³-hybridized carbons (Fsp3) is 0.800. The fourth-order valence-electron chi connectivity index (χ4n) is 4.12. The van der Waals surface area contributed by atoms with Gasteiger partial charge in [-0.2, -0.15) is 0 Å². The zero-order valence-corrected chi connectivity index (χ0v) is 15.3. The number of allylic oxidation sites excluding steroid dienone is 1. The molecule has 0 bridgehead atoms. The second-order valence-electron chi connectivity index (χ2n) is 7.69. The predicted octanol–water partition coefficient (Wildman–Crippen LogP) is 2.80. The summed E-state index contributed by atoms with van der Waals surface area (Å²) in [5, 5.41) is 3.00. The average Bonchev–Trinajstić information content (AvgIpc) is 3.19. The third-order valence-corrected chi connectivity index (χ3v) is 5.80. The van der Waals surface area contributed by atoms with Crippen molar-refractivity contribution in [3.63, 3.8) is 0 Å². The molecule has 2 heterocycles. The van der Waals surface area contributed by atoms with Gasteiger partial charge in [-0.1, -0.05) is 6.08 Å². The Balaban J connectivity index is 1.31. The maximum Gasteiger partial charge on any atom is 0.249 e. The van der Waals surface area contributed by atoms with Crippen LogP contribution in [0.15, 0.2) is 11.6 Å². The van der Waals surface area contributed by atoms with Gasteiger partial charge in [0.05, 0.1) is 6.10 Å². The van der Waals surface area contributed by atoms with E-state index >= 15 is 0 Å². The molecule has 0 saturated carbocycles. The van der Waals surface area contributed by atoms with Crippen LogP contribution in [0.2, 0.25) is 0 Å². The minimum atomic E-state index is 0.140. The lowest BCUT2D eigenvalue weighted by molar-refractivity contribution is -0.129. The standard InChI is InChI=1S/C20H32N2O3/c23-19(21-15-18-7-4-14-25-18)9-8-16-10-12-22(13-11-16)20(24)17-5-2-1-3-6-17/h5,16,18H,1-4,6-15H2,(H,21,23). The number of rotatable bonds is 6. The van der Waals surface area contributed by atoms with E-state index in [9.17, 15) is 9.59 Å². The third-order valence-electron chi connectivity index (χ3n) is 5.80. The normalized spacial score (nSPS) is 24.9. The number of amides is 2. The molecular formula is C20H32N2O3. The minimum Gasteiger partial charge on any atom is -0.376 e. The number of hydrogen-bond donors (Lipinski definition) is 1. The smallest absolute Gasteiger partial charge is 0.249 e. The number of nitrogens with zero attached hydrogens (tertiary/aromatic N) is 1. The van der Waals surface area contributed by atoms with Crippen molar-refractivity contribution in [1.82, 2.24) is 10.2 Å². The van der Waals surface area contributed by atoms with Crippen LogP contribution in [-0.2, 0) is 14.3 Å². The summed E-state index contributed by atoms with van der Waals surface area (Å²) in [5.74, 6) is 0.965. The number of carbonyl (C=O) groups is 2. The van der Waals surface area contributed by atoms with Crippen molar-refractivity contribution < 1.29 is 14.3 Å². The summed E-state index contributed by atoms with van der Waals surface area (Å²) in [6.45, 7) is 3.17. The van der Waals surface area contributed by atoms with E-state index in [0.717, 1.165) is 76.6 Å². The van der Waals surface area contributed by atoms with Crippen molar-refractivity contribution in [3.8, 4) is 0 Å². The SMILES string of the molecule is O=C(CCC1CCN(C(=O)C2=CCCCC2)CC1)NCC1CCCO1. The molecule has 5 heteroatoms. The van der Waals surface area contributed by atoms with Crippen molar-refractivity contribution in [3.05, 3.63) is 11.6 Å². The molecule has 3 aliphatic rings. The van der Waals surface area contributed by atoms with E-state index in [1.165, 1.54) is 6.42 Å². The van der Waals surface area contributed by atoms with Crippen molar-refractivity contribution >= 4 is 11.8 Å². The van der Waals surface area contributed by atoms with E-state index < -0.39 is 0 Å². The Morgan fingerprint density at radius 1 is 1.16 bits per heavy atom. The number of carbonyl (C=O) groups excluding carboxylic acids is 2. The highest BCUT2D eigenvalue weighted by atomic mass is 16.5. The number of ether oxygens (including phenoxy) is 1. The topological polar surface area (TPSA) is 58.6 Å². The molecule has 1 N–H and O–H groups in total. The van der Waals surface area contributed by atoms with Gasteiger partial charge in [0, 0.05) is 38.2 Å². The molecule has 0 aromatic carbocycles.